The standard InChI is InChI=1S/C9H12ClN3O5S/c1-5(8(14)18-3)19(15,16)13-9-11-6(10)4-7(12-9)17-2/h4-5H,1-3H3,(H,11,12,13). The Kier molecular flexibility index (Phi) is 4.90. The van der Waals surface area contributed by atoms with Crippen LogP contribution < -0.4 is 9.46 Å². The lowest BCUT2D eigenvalue weighted by Crippen LogP contribution is -2.33. The zero-order valence-electron chi connectivity index (χ0n) is 10.4. The average molecular weight is 310 g/mol. The van der Waals surface area contributed by atoms with Crippen LogP contribution >= 0.6 is 11.6 Å². The summed E-state index contributed by atoms with van der Waals surface area (Å²) in [4.78, 5) is 18.6. The number of anilines is 1. The Labute approximate surface area is 115 Å². The molecule has 0 amide bonds. The van der Waals surface area contributed by atoms with E-state index in [-0.39, 0.29) is 17.0 Å². The van der Waals surface area contributed by atoms with Gasteiger partial charge in [-0.15, -0.1) is 0 Å². The van der Waals surface area contributed by atoms with Crippen molar-refractivity contribution in [1.29, 1.82) is 0 Å². The van der Waals surface area contributed by atoms with Gasteiger partial charge in [-0.25, -0.2) is 13.4 Å². The molecule has 0 radical (unpaired) electrons. The summed E-state index contributed by atoms with van der Waals surface area (Å²) in [5, 5.41) is -1.42. The van der Waals surface area contributed by atoms with Gasteiger partial charge in [-0.3, -0.25) is 9.52 Å². The first-order valence-electron chi connectivity index (χ1n) is 4.98. The number of rotatable bonds is 5. The highest BCUT2D eigenvalue weighted by Gasteiger charge is 2.29. The number of nitrogens with zero attached hydrogens (tertiary/aromatic N) is 2. The summed E-state index contributed by atoms with van der Waals surface area (Å²) in [6.07, 6.45) is 0. The molecule has 0 saturated carbocycles. The van der Waals surface area contributed by atoms with E-state index in [2.05, 4.69) is 14.7 Å². The van der Waals surface area contributed by atoms with Gasteiger partial charge in [0.1, 0.15) is 5.15 Å². The minimum absolute atomic E-state index is 0.00438. The van der Waals surface area contributed by atoms with Crippen LogP contribution in [0.3, 0.4) is 0 Å². The molecule has 1 N–H and O–H groups in total. The van der Waals surface area contributed by atoms with Crippen LogP contribution in [0.2, 0.25) is 5.15 Å². The maximum absolute atomic E-state index is 11.8. The maximum atomic E-state index is 11.8. The molecular formula is C9H12ClN3O5S. The van der Waals surface area contributed by atoms with E-state index in [0.29, 0.717) is 0 Å². The molecule has 8 nitrogen and oxygen atoms in total. The molecule has 19 heavy (non-hydrogen) atoms. The monoisotopic (exact) mass is 309 g/mol. The lowest BCUT2D eigenvalue weighted by Gasteiger charge is -2.12. The second-order valence-corrected chi connectivity index (χ2v) is 5.76. The van der Waals surface area contributed by atoms with E-state index in [4.69, 9.17) is 16.3 Å². The van der Waals surface area contributed by atoms with Crippen LogP contribution in [-0.4, -0.2) is 43.8 Å². The summed E-state index contributed by atoms with van der Waals surface area (Å²) < 4.78 is 34.9. The third-order valence-electron chi connectivity index (χ3n) is 2.11. The van der Waals surface area contributed by atoms with Crippen LogP contribution in [0.4, 0.5) is 5.95 Å². The Morgan fingerprint density at radius 1 is 1.42 bits per heavy atom. The fraction of sp³-hybridized carbons (Fsp3) is 0.444. The number of hydrogen-bond acceptors (Lipinski definition) is 7. The molecule has 1 rings (SSSR count). The Morgan fingerprint density at radius 2 is 2.05 bits per heavy atom. The van der Waals surface area contributed by atoms with E-state index in [0.717, 1.165) is 7.11 Å². The molecule has 0 aliphatic rings. The van der Waals surface area contributed by atoms with Crippen molar-refractivity contribution < 1.29 is 22.7 Å². The molecule has 10 heteroatoms. The Balaban J connectivity index is 3.01. The number of sulfonamides is 1. The molecular weight excluding hydrogens is 298 g/mol. The van der Waals surface area contributed by atoms with Crippen LogP contribution in [-0.2, 0) is 19.6 Å². The number of esters is 1. The largest absolute Gasteiger partial charge is 0.481 e. The molecule has 106 valence electrons. The second kappa shape index (κ2) is 6.02. The fourth-order valence-electron chi connectivity index (χ4n) is 1.06. The Bertz CT molecular complexity index is 577. The summed E-state index contributed by atoms with van der Waals surface area (Å²) in [5.74, 6) is -1.11. The van der Waals surface area contributed by atoms with E-state index in [9.17, 15) is 13.2 Å². The van der Waals surface area contributed by atoms with Gasteiger partial charge < -0.3 is 9.47 Å². The SMILES string of the molecule is COC(=O)C(C)S(=O)(=O)Nc1nc(Cl)cc(OC)n1. The van der Waals surface area contributed by atoms with E-state index in [1.165, 1.54) is 20.1 Å². The van der Waals surface area contributed by atoms with Crippen molar-refractivity contribution in [2.24, 2.45) is 0 Å². The Hall–Kier alpha value is -1.61. The number of carbonyl (C=O) groups excluding carboxylic acids is 1. The van der Waals surface area contributed by atoms with Crippen molar-refractivity contribution in [3.8, 4) is 5.88 Å². The first-order valence-corrected chi connectivity index (χ1v) is 6.90. The second-order valence-electron chi connectivity index (χ2n) is 3.37. The summed E-state index contributed by atoms with van der Waals surface area (Å²) >= 11 is 5.67. The van der Waals surface area contributed by atoms with Crippen molar-refractivity contribution in [3.63, 3.8) is 0 Å². The molecule has 1 aromatic rings. The number of aromatic nitrogens is 2. The van der Waals surface area contributed by atoms with E-state index in [1.807, 2.05) is 4.72 Å². The highest BCUT2D eigenvalue weighted by molar-refractivity contribution is 7.94. The summed E-state index contributed by atoms with van der Waals surface area (Å²) in [5.41, 5.74) is 0. The summed E-state index contributed by atoms with van der Waals surface area (Å²) in [7, 11) is -1.60. The molecule has 0 spiro atoms. The van der Waals surface area contributed by atoms with Crippen LogP contribution in [0.1, 0.15) is 6.92 Å². The minimum atomic E-state index is -4.03. The van der Waals surface area contributed by atoms with Gasteiger partial charge in [-0.05, 0) is 6.92 Å². The van der Waals surface area contributed by atoms with E-state index in [1.54, 1.807) is 0 Å². The van der Waals surface area contributed by atoms with Crippen molar-refractivity contribution in [2.75, 3.05) is 18.9 Å². The van der Waals surface area contributed by atoms with Crippen LogP contribution in [0, 0.1) is 0 Å². The highest BCUT2D eigenvalue weighted by Crippen LogP contribution is 2.17. The molecule has 1 unspecified atom stereocenters. The fourth-order valence-corrected chi connectivity index (χ4v) is 2.10. The van der Waals surface area contributed by atoms with Gasteiger partial charge in [0.15, 0.2) is 5.25 Å². The van der Waals surface area contributed by atoms with Crippen LogP contribution in [0.25, 0.3) is 0 Å². The predicted molar refractivity (Wildman–Crippen MR) is 67.6 cm³/mol. The minimum Gasteiger partial charge on any atom is -0.481 e. The van der Waals surface area contributed by atoms with Gasteiger partial charge in [0, 0.05) is 6.07 Å². The molecule has 1 aromatic heterocycles. The number of halogens is 1. The molecule has 0 aliphatic carbocycles. The zero-order valence-corrected chi connectivity index (χ0v) is 11.9. The van der Waals surface area contributed by atoms with Gasteiger partial charge >= 0.3 is 5.97 Å². The molecule has 1 heterocycles. The quantitative estimate of drug-likeness (QED) is 0.621. The van der Waals surface area contributed by atoms with Gasteiger partial charge in [0.25, 0.3) is 0 Å². The molecule has 0 saturated heterocycles. The van der Waals surface area contributed by atoms with Gasteiger partial charge in [-0.2, -0.15) is 4.98 Å². The highest BCUT2D eigenvalue weighted by atomic mass is 35.5. The first-order chi connectivity index (χ1) is 8.80. The molecule has 0 fully saturated rings. The lowest BCUT2D eigenvalue weighted by atomic mass is 10.5. The van der Waals surface area contributed by atoms with Gasteiger partial charge in [0.05, 0.1) is 14.2 Å². The molecule has 0 aromatic carbocycles. The molecule has 0 bridgehead atoms. The smallest absolute Gasteiger partial charge is 0.325 e. The average Bonchev–Trinajstić information content (AvgIpc) is 2.35. The first kappa shape index (κ1) is 15.4. The van der Waals surface area contributed by atoms with E-state index < -0.39 is 21.2 Å². The number of ether oxygens (including phenoxy) is 2. The molecule has 1 atom stereocenters. The molecule has 0 aliphatic heterocycles. The predicted octanol–water partition coefficient (Wildman–Crippen LogP) is 0.442. The lowest BCUT2D eigenvalue weighted by molar-refractivity contribution is -0.139. The van der Waals surface area contributed by atoms with Crippen molar-refractivity contribution in [3.05, 3.63) is 11.2 Å². The van der Waals surface area contributed by atoms with Gasteiger partial charge in [0.2, 0.25) is 21.9 Å². The van der Waals surface area contributed by atoms with Crippen molar-refractivity contribution in [2.45, 2.75) is 12.2 Å². The number of nitrogens with one attached hydrogen (secondary N) is 1. The Morgan fingerprint density at radius 3 is 2.58 bits per heavy atom. The third kappa shape index (κ3) is 3.93. The third-order valence-corrected chi connectivity index (χ3v) is 3.90. The number of carbonyl (C=O) groups is 1. The van der Waals surface area contributed by atoms with Crippen LogP contribution in [0.15, 0.2) is 6.07 Å². The summed E-state index contributed by atoms with van der Waals surface area (Å²) in [6, 6.07) is 1.31. The van der Waals surface area contributed by atoms with Gasteiger partial charge in [-0.1, -0.05) is 11.6 Å². The van der Waals surface area contributed by atoms with Crippen LogP contribution in [0.5, 0.6) is 5.88 Å². The summed E-state index contributed by atoms with van der Waals surface area (Å²) in [6.45, 7) is 1.18. The maximum Gasteiger partial charge on any atom is 0.325 e. The van der Waals surface area contributed by atoms with E-state index >= 15 is 0 Å². The number of methoxy groups -OCH3 is 2. The topological polar surface area (TPSA) is 107 Å². The van der Waals surface area contributed by atoms with Crippen molar-refractivity contribution in [1.82, 2.24) is 9.97 Å². The zero-order chi connectivity index (χ0) is 14.6. The normalized spacial score (nSPS) is 12.6. The van der Waals surface area contributed by atoms with Crippen molar-refractivity contribution >= 4 is 33.5 Å². The number of hydrogen-bond donors (Lipinski definition) is 1.